The molecule has 30 heavy (non-hydrogen) atoms. The summed E-state index contributed by atoms with van der Waals surface area (Å²) in [6, 6.07) is 15.9. The van der Waals surface area contributed by atoms with Gasteiger partial charge in [-0.2, -0.15) is 0 Å². The molecule has 0 unspecified atom stereocenters. The standard InChI is InChI=1S/C24H23NO5/c1-4-29-23-15-17(8-11-19-7-5-6-14-25-19)9-12-21(23)30-24(26)18-10-13-20(27-2)22(16-18)28-3/h5-16H,4H2,1-3H3/b11-8+. The summed E-state index contributed by atoms with van der Waals surface area (Å²) in [6.45, 7) is 2.31. The molecule has 2 aromatic carbocycles. The molecule has 0 radical (unpaired) electrons. The first-order valence-electron chi connectivity index (χ1n) is 9.44. The molecule has 0 aliphatic heterocycles. The molecule has 0 N–H and O–H groups in total. The van der Waals surface area contributed by atoms with Gasteiger partial charge in [0.25, 0.3) is 0 Å². The molecule has 6 nitrogen and oxygen atoms in total. The number of nitrogens with zero attached hydrogens (tertiary/aromatic N) is 1. The predicted molar refractivity (Wildman–Crippen MR) is 115 cm³/mol. The highest BCUT2D eigenvalue weighted by atomic mass is 16.6. The van der Waals surface area contributed by atoms with E-state index in [2.05, 4.69) is 4.98 Å². The van der Waals surface area contributed by atoms with Crippen molar-refractivity contribution in [2.45, 2.75) is 6.92 Å². The lowest BCUT2D eigenvalue weighted by Gasteiger charge is -2.12. The molecule has 6 heteroatoms. The summed E-state index contributed by atoms with van der Waals surface area (Å²) in [4.78, 5) is 16.9. The molecular weight excluding hydrogens is 382 g/mol. The number of carbonyl (C=O) groups excluding carboxylic acids is 1. The van der Waals surface area contributed by atoms with Crippen molar-refractivity contribution in [1.29, 1.82) is 0 Å². The second-order valence-corrected chi connectivity index (χ2v) is 6.19. The minimum atomic E-state index is -0.520. The fourth-order valence-electron chi connectivity index (χ4n) is 2.76. The maximum Gasteiger partial charge on any atom is 0.343 e. The molecule has 0 atom stereocenters. The van der Waals surface area contributed by atoms with E-state index in [0.717, 1.165) is 11.3 Å². The Labute approximate surface area is 175 Å². The number of hydrogen-bond donors (Lipinski definition) is 0. The minimum Gasteiger partial charge on any atom is -0.493 e. The van der Waals surface area contributed by atoms with Gasteiger partial charge in [-0.1, -0.05) is 18.2 Å². The largest absolute Gasteiger partial charge is 0.493 e. The van der Waals surface area contributed by atoms with Gasteiger partial charge in [0.1, 0.15) is 0 Å². The van der Waals surface area contributed by atoms with E-state index in [9.17, 15) is 4.79 Å². The van der Waals surface area contributed by atoms with Crippen molar-refractivity contribution in [3.63, 3.8) is 0 Å². The van der Waals surface area contributed by atoms with Gasteiger partial charge in [-0.15, -0.1) is 0 Å². The van der Waals surface area contributed by atoms with Gasteiger partial charge in [-0.3, -0.25) is 4.98 Å². The van der Waals surface area contributed by atoms with E-state index in [4.69, 9.17) is 18.9 Å². The van der Waals surface area contributed by atoms with E-state index in [1.54, 1.807) is 30.5 Å². The fraction of sp³-hybridized carbons (Fsp3) is 0.167. The molecular formula is C24H23NO5. The zero-order chi connectivity index (χ0) is 21.3. The molecule has 0 saturated carbocycles. The van der Waals surface area contributed by atoms with Gasteiger partial charge in [0.15, 0.2) is 23.0 Å². The van der Waals surface area contributed by atoms with E-state index in [0.29, 0.717) is 35.2 Å². The number of methoxy groups -OCH3 is 2. The zero-order valence-electron chi connectivity index (χ0n) is 17.1. The van der Waals surface area contributed by atoms with Crippen LogP contribution in [-0.4, -0.2) is 31.8 Å². The van der Waals surface area contributed by atoms with Gasteiger partial charge in [0.05, 0.1) is 32.1 Å². The Hall–Kier alpha value is -3.80. The number of hydrogen-bond acceptors (Lipinski definition) is 6. The Morgan fingerprint density at radius 2 is 1.70 bits per heavy atom. The summed E-state index contributed by atoms with van der Waals surface area (Å²) in [5.74, 6) is 1.29. The molecule has 0 spiro atoms. The third-order valence-corrected chi connectivity index (χ3v) is 4.22. The lowest BCUT2D eigenvalue weighted by Crippen LogP contribution is -2.10. The monoisotopic (exact) mass is 405 g/mol. The summed E-state index contributed by atoms with van der Waals surface area (Å²) < 4.78 is 21.7. The summed E-state index contributed by atoms with van der Waals surface area (Å²) in [7, 11) is 3.05. The Kier molecular flexibility index (Phi) is 7.05. The zero-order valence-corrected chi connectivity index (χ0v) is 17.1. The molecule has 0 fully saturated rings. The van der Waals surface area contributed by atoms with Crippen LogP contribution < -0.4 is 18.9 Å². The van der Waals surface area contributed by atoms with Crippen molar-refractivity contribution in [2.75, 3.05) is 20.8 Å². The van der Waals surface area contributed by atoms with E-state index < -0.39 is 5.97 Å². The topological polar surface area (TPSA) is 66.9 Å². The summed E-state index contributed by atoms with van der Waals surface area (Å²) >= 11 is 0. The van der Waals surface area contributed by atoms with Crippen LogP contribution >= 0.6 is 0 Å². The normalized spacial score (nSPS) is 10.6. The Morgan fingerprint density at radius 3 is 2.40 bits per heavy atom. The maximum absolute atomic E-state index is 12.6. The number of rotatable bonds is 8. The molecule has 0 amide bonds. The lowest BCUT2D eigenvalue weighted by atomic mass is 10.1. The first-order chi connectivity index (χ1) is 14.6. The van der Waals surface area contributed by atoms with Crippen LogP contribution in [0.2, 0.25) is 0 Å². The lowest BCUT2D eigenvalue weighted by molar-refractivity contribution is 0.0728. The van der Waals surface area contributed by atoms with Crippen LogP contribution in [0.5, 0.6) is 23.0 Å². The smallest absolute Gasteiger partial charge is 0.343 e. The van der Waals surface area contributed by atoms with E-state index in [1.807, 2.05) is 49.4 Å². The van der Waals surface area contributed by atoms with Crippen molar-refractivity contribution in [3.05, 3.63) is 77.6 Å². The van der Waals surface area contributed by atoms with Crippen molar-refractivity contribution >= 4 is 18.1 Å². The quantitative estimate of drug-likeness (QED) is 0.393. The van der Waals surface area contributed by atoms with Crippen LogP contribution in [0.25, 0.3) is 12.2 Å². The third-order valence-electron chi connectivity index (χ3n) is 4.22. The van der Waals surface area contributed by atoms with E-state index in [1.165, 1.54) is 14.2 Å². The fourth-order valence-corrected chi connectivity index (χ4v) is 2.76. The summed E-state index contributed by atoms with van der Waals surface area (Å²) in [5.41, 5.74) is 2.09. The van der Waals surface area contributed by atoms with Crippen molar-refractivity contribution in [3.8, 4) is 23.0 Å². The molecule has 1 aromatic heterocycles. The Balaban J connectivity index is 1.81. The predicted octanol–water partition coefficient (Wildman–Crippen LogP) is 4.89. The molecule has 0 bridgehead atoms. The Bertz CT molecular complexity index is 1030. The van der Waals surface area contributed by atoms with E-state index >= 15 is 0 Å². The van der Waals surface area contributed by atoms with Crippen molar-refractivity contribution in [2.24, 2.45) is 0 Å². The van der Waals surface area contributed by atoms with Crippen molar-refractivity contribution < 1.29 is 23.7 Å². The van der Waals surface area contributed by atoms with Gasteiger partial charge in [-0.05, 0) is 61.0 Å². The second-order valence-electron chi connectivity index (χ2n) is 6.19. The average Bonchev–Trinajstić information content (AvgIpc) is 2.79. The van der Waals surface area contributed by atoms with Crippen molar-refractivity contribution in [1.82, 2.24) is 4.98 Å². The number of aromatic nitrogens is 1. The third kappa shape index (κ3) is 5.17. The molecule has 1 heterocycles. The molecule has 3 aromatic rings. The minimum absolute atomic E-state index is 0.339. The Morgan fingerprint density at radius 1 is 0.900 bits per heavy atom. The highest BCUT2D eigenvalue weighted by Crippen LogP contribution is 2.32. The molecule has 0 aliphatic rings. The van der Waals surface area contributed by atoms with Gasteiger partial charge in [0, 0.05) is 6.20 Å². The first-order valence-corrected chi connectivity index (χ1v) is 9.44. The number of pyridine rings is 1. The van der Waals surface area contributed by atoms with Gasteiger partial charge in [-0.25, -0.2) is 4.79 Å². The van der Waals surface area contributed by atoms with Crippen LogP contribution in [0.3, 0.4) is 0 Å². The second kappa shape index (κ2) is 10.1. The van der Waals surface area contributed by atoms with Crippen LogP contribution in [0.4, 0.5) is 0 Å². The molecule has 154 valence electrons. The number of benzene rings is 2. The molecule has 0 aliphatic carbocycles. The average molecular weight is 405 g/mol. The van der Waals surface area contributed by atoms with Crippen LogP contribution in [0.1, 0.15) is 28.5 Å². The van der Waals surface area contributed by atoms with E-state index in [-0.39, 0.29) is 0 Å². The number of ether oxygens (including phenoxy) is 4. The van der Waals surface area contributed by atoms with Gasteiger partial charge >= 0.3 is 5.97 Å². The highest BCUT2D eigenvalue weighted by molar-refractivity contribution is 5.92. The SMILES string of the molecule is CCOc1cc(/C=C/c2ccccn2)ccc1OC(=O)c1ccc(OC)c(OC)c1. The maximum atomic E-state index is 12.6. The first kappa shape index (κ1) is 20.9. The number of carbonyl (C=O) groups is 1. The van der Waals surface area contributed by atoms with Gasteiger partial charge < -0.3 is 18.9 Å². The van der Waals surface area contributed by atoms with Crippen LogP contribution in [0, 0.1) is 0 Å². The molecule has 0 saturated heterocycles. The summed E-state index contributed by atoms with van der Waals surface area (Å²) in [5, 5.41) is 0. The summed E-state index contributed by atoms with van der Waals surface area (Å²) in [6.07, 6.45) is 5.56. The van der Waals surface area contributed by atoms with Crippen LogP contribution in [0.15, 0.2) is 60.8 Å². The highest BCUT2D eigenvalue weighted by Gasteiger charge is 2.15. The number of esters is 1. The van der Waals surface area contributed by atoms with Gasteiger partial charge in [0.2, 0.25) is 0 Å². The molecule has 3 rings (SSSR count). The van der Waals surface area contributed by atoms with Crippen LogP contribution in [-0.2, 0) is 0 Å².